The molecular weight excluding hydrogens is 288 g/mol. The summed E-state index contributed by atoms with van der Waals surface area (Å²) in [5.41, 5.74) is 3.94. The fourth-order valence-electron chi connectivity index (χ4n) is 3.24. The van der Waals surface area contributed by atoms with Gasteiger partial charge in [-0.15, -0.1) is 0 Å². The van der Waals surface area contributed by atoms with Gasteiger partial charge in [0.15, 0.2) is 0 Å². The van der Waals surface area contributed by atoms with Crippen molar-refractivity contribution in [1.29, 1.82) is 0 Å². The number of amides is 1. The Balaban J connectivity index is 1.79. The van der Waals surface area contributed by atoms with E-state index in [1.54, 1.807) is 9.58 Å². The highest BCUT2D eigenvalue weighted by molar-refractivity contribution is 5.92. The van der Waals surface area contributed by atoms with Crippen LogP contribution in [0.5, 0.6) is 0 Å². The summed E-state index contributed by atoms with van der Waals surface area (Å²) >= 11 is 0. The molecule has 0 atom stereocenters. The predicted octanol–water partition coefficient (Wildman–Crippen LogP) is 2.60. The topological polar surface area (TPSA) is 41.4 Å². The van der Waals surface area contributed by atoms with Crippen LogP contribution in [0.4, 0.5) is 5.69 Å². The van der Waals surface area contributed by atoms with Crippen molar-refractivity contribution in [2.75, 3.05) is 25.0 Å². The highest BCUT2D eigenvalue weighted by Crippen LogP contribution is 2.25. The van der Waals surface area contributed by atoms with E-state index in [1.807, 2.05) is 33.2 Å². The molecule has 2 aromatic rings. The number of rotatable bonds is 4. The zero-order valence-electron chi connectivity index (χ0n) is 14.1. The Morgan fingerprint density at radius 1 is 1.26 bits per heavy atom. The van der Waals surface area contributed by atoms with Crippen molar-refractivity contribution in [3.8, 4) is 0 Å². The van der Waals surface area contributed by atoms with Crippen LogP contribution in [0.15, 0.2) is 30.3 Å². The minimum absolute atomic E-state index is 0.00400. The van der Waals surface area contributed by atoms with Gasteiger partial charge in [-0.25, -0.2) is 0 Å². The number of nitrogens with zero attached hydrogens (tertiary/aromatic N) is 4. The average molecular weight is 312 g/mol. The molecule has 3 rings (SSSR count). The van der Waals surface area contributed by atoms with Gasteiger partial charge in [0.2, 0.25) is 0 Å². The average Bonchev–Trinajstić information content (AvgIpc) is 3.16. The van der Waals surface area contributed by atoms with Gasteiger partial charge in [-0.2, -0.15) is 5.10 Å². The number of hydrogen-bond acceptors (Lipinski definition) is 3. The number of aryl methyl sites for hydroxylation is 2. The lowest BCUT2D eigenvalue weighted by atomic mass is 10.1. The molecule has 0 spiro atoms. The van der Waals surface area contributed by atoms with Gasteiger partial charge in [-0.3, -0.25) is 9.48 Å². The number of hydrogen-bond donors (Lipinski definition) is 0. The molecule has 5 nitrogen and oxygen atoms in total. The van der Waals surface area contributed by atoms with Gasteiger partial charge in [0, 0.05) is 39.4 Å². The first-order valence-electron chi connectivity index (χ1n) is 8.15. The quantitative estimate of drug-likeness (QED) is 0.871. The predicted molar refractivity (Wildman–Crippen MR) is 91.6 cm³/mol. The second kappa shape index (κ2) is 6.44. The SMILES string of the molecule is Cc1cc(C(=O)N(C)Cc2ccccc2N2CCCC2)n(C)n1. The van der Waals surface area contributed by atoms with Crippen molar-refractivity contribution < 1.29 is 4.79 Å². The number of anilines is 1. The largest absolute Gasteiger partial charge is 0.371 e. The van der Waals surface area contributed by atoms with Crippen molar-refractivity contribution in [3.63, 3.8) is 0 Å². The maximum atomic E-state index is 12.7. The minimum atomic E-state index is 0.00400. The van der Waals surface area contributed by atoms with Crippen LogP contribution in [0.2, 0.25) is 0 Å². The van der Waals surface area contributed by atoms with Gasteiger partial charge in [-0.1, -0.05) is 18.2 Å². The Morgan fingerprint density at radius 2 is 1.96 bits per heavy atom. The molecule has 1 aliphatic heterocycles. The third kappa shape index (κ3) is 3.23. The Bertz CT molecular complexity index is 701. The summed E-state index contributed by atoms with van der Waals surface area (Å²) in [5.74, 6) is 0.00400. The van der Waals surface area contributed by atoms with Crippen LogP contribution in [0.3, 0.4) is 0 Å². The van der Waals surface area contributed by atoms with E-state index in [1.165, 1.54) is 24.1 Å². The van der Waals surface area contributed by atoms with Crippen LogP contribution in [0.1, 0.15) is 34.6 Å². The lowest BCUT2D eigenvalue weighted by Gasteiger charge is -2.24. The highest BCUT2D eigenvalue weighted by atomic mass is 16.2. The zero-order chi connectivity index (χ0) is 16.4. The molecule has 1 aromatic heterocycles. The molecular formula is C18H24N4O. The molecule has 0 aliphatic carbocycles. The monoisotopic (exact) mass is 312 g/mol. The molecule has 1 aromatic carbocycles. The molecule has 1 aliphatic rings. The molecule has 0 saturated carbocycles. The Labute approximate surface area is 137 Å². The summed E-state index contributed by atoms with van der Waals surface area (Å²) in [6.07, 6.45) is 2.49. The second-order valence-corrected chi connectivity index (χ2v) is 6.28. The minimum Gasteiger partial charge on any atom is -0.371 e. The second-order valence-electron chi connectivity index (χ2n) is 6.28. The van der Waals surface area contributed by atoms with E-state index >= 15 is 0 Å². The molecule has 1 fully saturated rings. The van der Waals surface area contributed by atoms with E-state index in [0.717, 1.165) is 18.8 Å². The zero-order valence-corrected chi connectivity index (χ0v) is 14.1. The summed E-state index contributed by atoms with van der Waals surface area (Å²) in [5, 5.41) is 4.26. The lowest BCUT2D eigenvalue weighted by Crippen LogP contribution is -2.29. The van der Waals surface area contributed by atoms with Crippen molar-refractivity contribution in [2.24, 2.45) is 7.05 Å². The fraction of sp³-hybridized carbons (Fsp3) is 0.444. The van der Waals surface area contributed by atoms with Crippen molar-refractivity contribution in [2.45, 2.75) is 26.3 Å². The van der Waals surface area contributed by atoms with Crippen molar-refractivity contribution >= 4 is 11.6 Å². The fourth-order valence-corrected chi connectivity index (χ4v) is 3.24. The van der Waals surface area contributed by atoms with Crippen LogP contribution < -0.4 is 4.90 Å². The third-order valence-corrected chi connectivity index (χ3v) is 4.41. The van der Waals surface area contributed by atoms with Gasteiger partial charge in [-0.05, 0) is 37.5 Å². The number of carbonyl (C=O) groups is 1. The molecule has 23 heavy (non-hydrogen) atoms. The normalized spacial score (nSPS) is 14.3. The standard InChI is InChI=1S/C18H24N4O/c1-14-12-17(21(3)19-14)18(23)20(2)13-15-8-4-5-9-16(15)22-10-6-7-11-22/h4-5,8-9,12H,6-7,10-11,13H2,1-3H3. The summed E-state index contributed by atoms with van der Waals surface area (Å²) in [4.78, 5) is 16.9. The van der Waals surface area contributed by atoms with E-state index < -0.39 is 0 Å². The van der Waals surface area contributed by atoms with Crippen molar-refractivity contribution in [1.82, 2.24) is 14.7 Å². The number of para-hydroxylation sites is 1. The highest BCUT2D eigenvalue weighted by Gasteiger charge is 2.20. The van der Waals surface area contributed by atoms with Crippen LogP contribution in [0, 0.1) is 6.92 Å². The lowest BCUT2D eigenvalue weighted by molar-refractivity contribution is 0.0774. The first kappa shape index (κ1) is 15.6. The van der Waals surface area contributed by atoms with Gasteiger partial charge < -0.3 is 9.80 Å². The van der Waals surface area contributed by atoms with Crippen LogP contribution >= 0.6 is 0 Å². The molecule has 0 bridgehead atoms. The van der Waals surface area contributed by atoms with Crippen LogP contribution in [-0.4, -0.2) is 40.7 Å². The van der Waals surface area contributed by atoms with Gasteiger partial charge >= 0.3 is 0 Å². The molecule has 1 amide bonds. The number of carbonyl (C=O) groups excluding carboxylic acids is 1. The molecule has 5 heteroatoms. The summed E-state index contributed by atoms with van der Waals surface area (Å²) in [6, 6.07) is 10.2. The molecule has 1 saturated heterocycles. The maximum absolute atomic E-state index is 12.7. The van der Waals surface area contributed by atoms with Gasteiger partial charge in [0.25, 0.3) is 5.91 Å². The summed E-state index contributed by atoms with van der Waals surface area (Å²) < 4.78 is 1.65. The van der Waals surface area contributed by atoms with E-state index in [9.17, 15) is 4.79 Å². The number of benzene rings is 1. The molecule has 2 heterocycles. The molecule has 122 valence electrons. The van der Waals surface area contributed by atoms with Crippen molar-refractivity contribution in [3.05, 3.63) is 47.3 Å². The first-order valence-corrected chi connectivity index (χ1v) is 8.15. The summed E-state index contributed by atoms with van der Waals surface area (Å²) in [7, 11) is 3.66. The van der Waals surface area contributed by atoms with E-state index in [0.29, 0.717) is 12.2 Å². The third-order valence-electron chi connectivity index (χ3n) is 4.41. The Morgan fingerprint density at radius 3 is 2.61 bits per heavy atom. The van der Waals surface area contributed by atoms with Gasteiger partial charge in [0.1, 0.15) is 5.69 Å². The van der Waals surface area contributed by atoms with Crippen LogP contribution in [0.25, 0.3) is 0 Å². The summed E-state index contributed by atoms with van der Waals surface area (Å²) in [6.45, 7) is 4.72. The first-order chi connectivity index (χ1) is 11.1. The molecule has 0 unspecified atom stereocenters. The smallest absolute Gasteiger partial charge is 0.272 e. The maximum Gasteiger partial charge on any atom is 0.272 e. The Hall–Kier alpha value is -2.30. The molecule has 0 N–H and O–H groups in total. The Kier molecular flexibility index (Phi) is 4.37. The number of aromatic nitrogens is 2. The van der Waals surface area contributed by atoms with E-state index in [2.05, 4.69) is 28.2 Å². The molecule has 0 radical (unpaired) electrons. The van der Waals surface area contributed by atoms with E-state index in [4.69, 9.17) is 0 Å². The van der Waals surface area contributed by atoms with Crippen LogP contribution in [-0.2, 0) is 13.6 Å². The van der Waals surface area contributed by atoms with Gasteiger partial charge in [0.05, 0.1) is 5.69 Å². The van der Waals surface area contributed by atoms with E-state index in [-0.39, 0.29) is 5.91 Å².